The summed E-state index contributed by atoms with van der Waals surface area (Å²) in [4.78, 5) is 27.4. The van der Waals surface area contributed by atoms with E-state index in [9.17, 15) is 4.79 Å². The van der Waals surface area contributed by atoms with E-state index in [1.807, 2.05) is 35.6 Å². The summed E-state index contributed by atoms with van der Waals surface area (Å²) in [5, 5.41) is 8.29. The topological polar surface area (TPSA) is 82.6 Å². The van der Waals surface area contributed by atoms with Gasteiger partial charge in [0.2, 0.25) is 11.9 Å². The van der Waals surface area contributed by atoms with Crippen molar-refractivity contribution in [3.63, 3.8) is 0 Å². The summed E-state index contributed by atoms with van der Waals surface area (Å²) < 4.78 is 5.55. The van der Waals surface area contributed by atoms with Crippen LogP contribution in [0.4, 0.5) is 23.1 Å². The fourth-order valence-electron chi connectivity index (χ4n) is 4.00. The van der Waals surface area contributed by atoms with E-state index in [-0.39, 0.29) is 5.91 Å². The molecule has 1 aliphatic heterocycles. The van der Waals surface area contributed by atoms with Crippen LogP contribution < -0.4 is 20.3 Å². The number of anilines is 4. The second kappa shape index (κ2) is 11.8. The van der Waals surface area contributed by atoms with E-state index in [0.717, 1.165) is 50.6 Å². The number of likely N-dealkylation sites (N-methyl/N-ethyl adjacent to an activating group) is 1. The molecular formula is C26H32N6O2S. The van der Waals surface area contributed by atoms with E-state index >= 15 is 0 Å². The maximum absolute atomic E-state index is 12.3. The molecule has 0 spiro atoms. The molecule has 1 aliphatic rings. The molecule has 35 heavy (non-hydrogen) atoms. The SMILES string of the molecule is CCN(CC)CC=CC(=O)Nc1ccc(Nc2nccc(N3CCc4sccc4C3)n2)c(OC)c1. The summed E-state index contributed by atoms with van der Waals surface area (Å²) in [7, 11) is 1.60. The second-order valence-corrected chi connectivity index (χ2v) is 9.20. The average molecular weight is 493 g/mol. The Labute approximate surface area is 210 Å². The van der Waals surface area contributed by atoms with E-state index in [1.54, 1.807) is 25.4 Å². The first-order chi connectivity index (χ1) is 17.1. The van der Waals surface area contributed by atoms with Crippen LogP contribution in [0.15, 0.2) is 54.1 Å². The lowest BCUT2D eigenvalue weighted by Gasteiger charge is -2.28. The largest absolute Gasteiger partial charge is 0.494 e. The average Bonchev–Trinajstić information content (AvgIpc) is 3.36. The van der Waals surface area contributed by atoms with Crippen LogP contribution in [0.2, 0.25) is 0 Å². The van der Waals surface area contributed by atoms with Crippen molar-refractivity contribution in [1.29, 1.82) is 0 Å². The minimum atomic E-state index is -0.175. The highest BCUT2D eigenvalue weighted by Crippen LogP contribution is 2.31. The summed E-state index contributed by atoms with van der Waals surface area (Å²) in [6.45, 7) is 8.66. The van der Waals surface area contributed by atoms with Gasteiger partial charge in [0.1, 0.15) is 11.6 Å². The number of fused-ring (bicyclic) bond motifs is 1. The normalized spacial score (nSPS) is 13.2. The number of benzene rings is 1. The van der Waals surface area contributed by atoms with Crippen LogP contribution in [0.1, 0.15) is 24.3 Å². The van der Waals surface area contributed by atoms with Gasteiger partial charge in [-0.05, 0) is 54.7 Å². The van der Waals surface area contributed by atoms with Gasteiger partial charge in [0, 0.05) is 48.5 Å². The number of aromatic nitrogens is 2. The standard InChI is InChI=1S/C26H32N6O2S/c1-4-31(5-2)14-6-7-25(33)28-20-8-9-21(22(17-20)34-3)29-26-27-13-10-24(30-26)32-15-11-23-19(18-32)12-16-35-23/h6-10,12-13,16-17H,4-5,11,14-15,18H2,1-3H3,(H,28,33)(H,27,29,30). The molecule has 0 bridgehead atoms. The summed E-state index contributed by atoms with van der Waals surface area (Å²) in [6, 6.07) is 9.59. The molecule has 0 fully saturated rings. The van der Waals surface area contributed by atoms with Crippen molar-refractivity contribution in [2.45, 2.75) is 26.8 Å². The van der Waals surface area contributed by atoms with Crippen molar-refractivity contribution in [1.82, 2.24) is 14.9 Å². The number of hydrogen-bond acceptors (Lipinski definition) is 8. The predicted molar refractivity (Wildman–Crippen MR) is 143 cm³/mol. The quantitative estimate of drug-likeness (QED) is 0.397. The highest BCUT2D eigenvalue weighted by Gasteiger charge is 2.19. The molecule has 2 N–H and O–H groups in total. The molecule has 3 heterocycles. The summed E-state index contributed by atoms with van der Waals surface area (Å²) in [5.41, 5.74) is 2.74. The van der Waals surface area contributed by atoms with Gasteiger partial charge >= 0.3 is 0 Å². The molecule has 1 aromatic carbocycles. The van der Waals surface area contributed by atoms with Crippen molar-refractivity contribution >= 4 is 40.4 Å². The molecule has 2 aromatic heterocycles. The van der Waals surface area contributed by atoms with Gasteiger partial charge in [0.05, 0.1) is 12.8 Å². The van der Waals surface area contributed by atoms with Crippen LogP contribution in [0, 0.1) is 0 Å². The van der Waals surface area contributed by atoms with E-state index < -0.39 is 0 Å². The van der Waals surface area contributed by atoms with E-state index in [4.69, 9.17) is 9.72 Å². The third-order valence-electron chi connectivity index (χ3n) is 6.02. The number of carbonyl (C=O) groups is 1. The number of methoxy groups -OCH3 is 1. The zero-order valence-corrected chi connectivity index (χ0v) is 21.3. The van der Waals surface area contributed by atoms with Gasteiger partial charge < -0.3 is 25.2 Å². The maximum atomic E-state index is 12.3. The van der Waals surface area contributed by atoms with E-state index in [0.29, 0.717) is 17.4 Å². The van der Waals surface area contributed by atoms with Crippen molar-refractivity contribution in [2.75, 3.05) is 48.8 Å². The first kappa shape index (κ1) is 24.7. The Morgan fingerprint density at radius 3 is 2.91 bits per heavy atom. The fourth-order valence-corrected chi connectivity index (χ4v) is 4.89. The Bertz CT molecular complexity index is 1170. The third-order valence-corrected chi connectivity index (χ3v) is 7.04. The number of ether oxygens (including phenoxy) is 1. The zero-order valence-electron chi connectivity index (χ0n) is 20.5. The van der Waals surface area contributed by atoms with Gasteiger partial charge in [-0.1, -0.05) is 19.9 Å². The lowest BCUT2D eigenvalue weighted by Crippen LogP contribution is -2.30. The highest BCUT2D eigenvalue weighted by atomic mass is 32.1. The molecule has 0 atom stereocenters. The predicted octanol–water partition coefficient (Wildman–Crippen LogP) is 4.69. The van der Waals surface area contributed by atoms with Crippen LogP contribution in [0.3, 0.4) is 0 Å². The summed E-state index contributed by atoms with van der Waals surface area (Å²) >= 11 is 1.83. The minimum absolute atomic E-state index is 0.175. The van der Waals surface area contributed by atoms with Crippen LogP contribution in [-0.4, -0.2) is 54.1 Å². The Morgan fingerprint density at radius 1 is 1.26 bits per heavy atom. The van der Waals surface area contributed by atoms with Crippen LogP contribution in [0.5, 0.6) is 5.75 Å². The van der Waals surface area contributed by atoms with Crippen molar-refractivity contribution in [3.05, 3.63) is 64.5 Å². The molecule has 0 aliphatic carbocycles. The van der Waals surface area contributed by atoms with Gasteiger partial charge in [0.25, 0.3) is 0 Å². The molecule has 0 radical (unpaired) electrons. The number of rotatable bonds is 10. The molecule has 0 unspecified atom stereocenters. The minimum Gasteiger partial charge on any atom is -0.494 e. The molecule has 3 aromatic rings. The number of thiophene rings is 1. The molecular weight excluding hydrogens is 460 g/mol. The van der Waals surface area contributed by atoms with Gasteiger partial charge in [-0.25, -0.2) is 4.98 Å². The molecule has 4 rings (SSSR count). The number of hydrogen-bond donors (Lipinski definition) is 2. The Kier molecular flexibility index (Phi) is 8.33. The molecule has 0 saturated carbocycles. The van der Waals surface area contributed by atoms with Gasteiger partial charge in [-0.15, -0.1) is 11.3 Å². The molecule has 0 saturated heterocycles. The molecule has 1 amide bonds. The van der Waals surface area contributed by atoms with Crippen LogP contribution >= 0.6 is 11.3 Å². The van der Waals surface area contributed by atoms with E-state index in [2.05, 4.69) is 50.7 Å². The number of amides is 1. The van der Waals surface area contributed by atoms with Crippen LogP contribution in [-0.2, 0) is 17.8 Å². The van der Waals surface area contributed by atoms with Crippen LogP contribution in [0.25, 0.3) is 0 Å². The molecule has 9 heteroatoms. The lowest BCUT2D eigenvalue weighted by molar-refractivity contribution is -0.111. The molecule has 184 valence electrons. The smallest absolute Gasteiger partial charge is 0.248 e. The maximum Gasteiger partial charge on any atom is 0.248 e. The Morgan fingerprint density at radius 2 is 2.11 bits per heavy atom. The lowest BCUT2D eigenvalue weighted by atomic mass is 10.1. The fraction of sp³-hybridized carbons (Fsp3) is 0.346. The van der Waals surface area contributed by atoms with Crippen molar-refractivity contribution in [3.8, 4) is 5.75 Å². The van der Waals surface area contributed by atoms with Gasteiger partial charge in [0.15, 0.2) is 0 Å². The first-order valence-electron chi connectivity index (χ1n) is 11.9. The van der Waals surface area contributed by atoms with Crippen molar-refractivity contribution in [2.24, 2.45) is 0 Å². The highest BCUT2D eigenvalue weighted by molar-refractivity contribution is 7.10. The number of nitrogens with zero attached hydrogens (tertiary/aromatic N) is 4. The van der Waals surface area contributed by atoms with E-state index in [1.165, 1.54) is 10.4 Å². The Balaban J connectivity index is 1.40. The Hall–Kier alpha value is -3.43. The zero-order chi connectivity index (χ0) is 24.6. The molecule has 8 nitrogen and oxygen atoms in total. The van der Waals surface area contributed by atoms with Gasteiger partial charge in [-0.3, -0.25) is 4.79 Å². The second-order valence-electron chi connectivity index (χ2n) is 8.20. The summed E-state index contributed by atoms with van der Waals surface area (Å²) in [6.07, 6.45) is 6.24. The third kappa shape index (κ3) is 6.37. The number of carbonyl (C=O) groups excluding carboxylic acids is 1. The van der Waals surface area contributed by atoms with Crippen molar-refractivity contribution < 1.29 is 9.53 Å². The summed E-state index contributed by atoms with van der Waals surface area (Å²) in [5.74, 6) is 1.79. The monoisotopic (exact) mass is 492 g/mol. The first-order valence-corrected chi connectivity index (χ1v) is 12.8. The number of nitrogens with one attached hydrogen (secondary N) is 2. The van der Waals surface area contributed by atoms with Gasteiger partial charge in [-0.2, -0.15) is 4.98 Å².